The highest BCUT2D eigenvalue weighted by atomic mass is 16.5. The first-order valence-electron chi connectivity index (χ1n) is 9.92. The highest BCUT2D eigenvalue weighted by Crippen LogP contribution is 2.29. The molecule has 0 unspecified atom stereocenters. The van der Waals surface area contributed by atoms with Crippen molar-refractivity contribution < 1.29 is 9.53 Å². The van der Waals surface area contributed by atoms with Gasteiger partial charge in [0.25, 0.3) is 5.91 Å². The lowest BCUT2D eigenvalue weighted by Gasteiger charge is -2.30. The number of nitrogens with zero attached hydrogens (tertiary/aromatic N) is 4. The Balaban J connectivity index is 1.45. The Labute approximate surface area is 163 Å². The summed E-state index contributed by atoms with van der Waals surface area (Å²) in [6, 6.07) is 6.00. The van der Waals surface area contributed by atoms with Gasteiger partial charge in [0.15, 0.2) is 0 Å². The number of hydrogen-bond acceptors (Lipinski definition) is 6. The molecule has 0 saturated carbocycles. The number of carbonyl (C=O) groups excluding carboxylic acids is 1. The maximum atomic E-state index is 12.6. The summed E-state index contributed by atoms with van der Waals surface area (Å²) in [6.07, 6.45) is 6.55. The molecule has 5 heterocycles. The smallest absolute Gasteiger partial charge is 0.253 e. The summed E-state index contributed by atoms with van der Waals surface area (Å²) in [5, 5.41) is 3.58. The van der Waals surface area contributed by atoms with E-state index in [4.69, 9.17) is 9.73 Å². The molecule has 0 atom stereocenters. The van der Waals surface area contributed by atoms with Gasteiger partial charge in [-0.3, -0.25) is 14.8 Å². The molecule has 0 radical (unpaired) electrons. The van der Waals surface area contributed by atoms with Crippen LogP contribution in [0.3, 0.4) is 0 Å². The van der Waals surface area contributed by atoms with Gasteiger partial charge in [0, 0.05) is 55.9 Å². The molecule has 7 heteroatoms. The molecule has 2 saturated heterocycles. The zero-order valence-electron chi connectivity index (χ0n) is 15.7. The van der Waals surface area contributed by atoms with Crippen molar-refractivity contribution in [2.75, 3.05) is 31.6 Å². The Morgan fingerprint density at radius 2 is 1.96 bits per heavy atom. The summed E-state index contributed by atoms with van der Waals surface area (Å²) in [4.78, 5) is 28.3. The van der Waals surface area contributed by atoms with Crippen LogP contribution in [0, 0.1) is 0 Å². The van der Waals surface area contributed by atoms with E-state index in [-0.39, 0.29) is 5.91 Å². The third-order valence-corrected chi connectivity index (χ3v) is 5.64. The van der Waals surface area contributed by atoms with Crippen molar-refractivity contribution >= 4 is 17.4 Å². The Morgan fingerprint density at radius 1 is 1.14 bits per heavy atom. The lowest BCUT2D eigenvalue weighted by molar-refractivity contribution is 0.0651. The van der Waals surface area contributed by atoms with Gasteiger partial charge in [0.05, 0.1) is 18.0 Å². The first-order chi connectivity index (χ1) is 13.8. The zero-order chi connectivity index (χ0) is 18.9. The second-order valence-electron chi connectivity index (χ2n) is 7.47. The number of pyridine rings is 2. The summed E-state index contributed by atoms with van der Waals surface area (Å²) in [5.74, 6) is 0.919. The number of hydrogen-bond donors (Lipinski definition) is 1. The molecular formula is C21H23N5O2. The van der Waals surface area contributed by atoms with Crippen LogP contribution in [0.4, 0.5) is 5.82 Å². The molecule has 3 aliphatic heterocycles. The maximum absolute atomic E-state index is 12.6. The van der Waals surface area contributed by atoms with Crippen LogP contribution in [0.15, 0.2) is 35.6 Å². The van der Waals surface area contributed by atoms with E-state index in [1.165, 1.54) is 0 Å². The minimum Gasteiger partial charge on any atom is -0.381 e. The van der Waals surface area contributed by atoms with Crippen molar-refractivity contribution in [3.63, 3.8) is 0 Å². The summed E-state index contributed by atoms with van der Waals surface area (Å²) in [6.45, 7) is 3.83. The monoisotopic (exact) mass is 377 g/mol. The predicted molar refractivity (Wildman–Crippen MR) is 106 cm³/mol. The van der Waals surface area contributed by atoms with Gasteiger partial charge in [0.2, 0.25) is 0 Å². The minimum atomic E-state index is 0.0699. The molecule has 2 aromatic heterocycles. The van der Waals surface area contributed by atoms with E-state index in [9.17, 15) is 4.79 Å². The molecule has 3 aliphatic rings. The Hall–Kier alpha value is -2.80. The SMILES string of the molecule is O=C(c1ccnc(C2=NCc3ccnc(NC4CCOCC4)c32)c1)N1CCC1. The number of rotatable bonds is 4. The van der Waals surface area contributed by atoms with Gasteiger partial charge in [-0.05, 0) is 43.0 Å². The van der Waals surface area contributed by atoms with Crippen LogP contribution >= 0.6 is 0 Å². The van der Waals surface area contributed by atoms with Crippen LogP contribution < -0.4 is 5.32 Å². The van der Waals surface area contributed by atoms with E-state index in [1.54, 1.807) is 12.3 Å². The van der Waals surface area contributed by atoms with Gasteiger partial charge in [-0.1, -0.05) is 0 Å². The molecule has 0 aromatic carbocycles. The highest BCUT2D eigenvalue weighted by molar-refractivity contribution is 6.17. The van der Waals surface area contributed by atoms with E-state index >= 15 is 0 Å². The second kappa shape index (κ2) is 7.31. The van der Waals surface area contributed by atoms with Crippen LogP contribution in [0.5, 0.6) is 0 Å². The molecule has 2 aromatic rings. The molecular weight excluding hydrogens is 354 g/mol. The van der Waals surface area contributed by atoms with Gasteiger partial charge in [-0.25, -0.2) is 4.98 Å². The molecule has 5 rings (SSSR count). The molecule has 0 bridgehead atoms. The van der Waals surface area contributed by atoms with Gasteiger partial charge in [-0.2, -0.15) is 0 Å². The van der Waals surface area contributed by atoms with E-state index in [0.29, 0.717) is 18.2 Å². The summed E-state index contributed by atoms with van der Waals surface area (Å²) in [5.41, 5.74) is 4.36. The third kappa shape index (κ3) is 3.16. The van der Waals surface area contributed by atoms with E-state index in [2.05, 4.69) is 15.3 Å². The van der Waals surface area contributed by atoms with Crippen molar-refractivity contribution in [3.8, 4) is 0 Å². The number of likely N-dealkylation sites (tertiary alicyclic amines) is 1. The average Bonchev–Trinajstić information content (AvgIpc) is 3.13. The first kappa shape index (κ1) is 17.3. The van der Waals surface area contributed by atoms with Gasteiger partial charge in [-0.15, -0.1) is 0 Å². The van der Waals surface area contributed by atoms with Gasteiger partial charge >= 0.3 is 0 Å². The predicted octanol–water partition coefficient (Wildman–Crippen LogP) is 2.26. The Kier molecular flexibility index (Phi) is 4.52. The van der Waals surface area contributed by atoms with Crippen LogP contribution in [0.1, 0.15) is 46.4 Å². The lowest BCUT2D eigenvalue weighted by atomic mass is 10.0. The second-order valence-corrected chi connectivity index (χ2v) is 7.47. The molecule has 28 heavy (non-hydrogen) atoms. The van der Waals surface area contributed by atoms with E-state index in [0.717, 1.165) is 73.9 Å². The highest BCUT2D eigenvalue weighted by Gasteiger charge is 2.27. The fourth-order valence-corrected chi connectivity index (χ4v) is 3.89. The summed E-state index contributed by atoms with van der Waals surface area (Å²) < 4.78 is 5.46. The number of anilines is 1. The third-order valence-electron chi connectivity index (χ3n) is 5.64. The zero-order valence-corrected chi connectivity index (χ0v) is 15.7. The number of aromatic nitrogens is 2. The largest absolute Gasteiger partial charge is 0.381 e. The molecule has 2 fully saturated rings. The van der Waals surface area contributed by atoms with Crippen LogP contribution in [0.2, 0.25) is 0 Å². The summed E-state index contributed by atoms with van der Waals surface area (Å²) in [7, 11) is 0. The number of fused-ring (bicyclic) bond motifs is 1. The van der Waals surface area contributed by atoms with Crippen LogP contribution in [-0.4, -0.2) is 58.8 Å². The quantitative estimate of drug-likeness (QED) is 0.884. The minimum absolute atomic E-state index is 0.0699. The fourth-order valence-electron chi connectivity index (χ4n) is 3.89. The standard InChI is InChI=1S/C21H23N5O2/c27-21(26-8-1-9-26)14-2-6-22-17(12-14)19-18-15(13-24-19)3-7-23-20(18)25-16-4-10-28-11-5-16/h2-3,6-7,12,16H,1,4-5,8-11,13H2,(H,23,25). The summed E-state index contributed by atoms with van der Waals surface area (Å²) >= 11 is 0. The Morgan fingerprint density at radius 3 is 2.75 bits per heavy atom. The van der Waals surface area contributed by atoms with Crippen molar-refractivity contribution in [1.82, 2.24) is 14.9 Å². The number of nitrogens with one attached hydrogen (secondary N) is 1. The number of carbonyl (C=O) groups is 1. The van der Waals surface area contributed by atoms with Crippen LogP contribution in [-0.2, 0) is 11.3 Å². The molecule has 0 aliphatic carbocycles. The van der Waals surface area contributed by atoms with Gasteiger partial charge < -0.3 is 15.0 Å². The number of aliphatic imine (C=N–C) groups is 1. The molecule has 1 N–H and O–H groups in total. The fraction of sp³-hybridized carbons (Fsp3) is 0.429. The molecule has 144 valence electrons. The first-order valence-corrected chi connectivity index (χ1v) is 9.92. The van der Waals surface area contributed by atoms with Crippen molar-refractivity contribution in [2.45, 2.75) is 31.8 Å². The average molecular weight is 377 g/mol. The van der Waals surface area contributed by atoms with Crippen molar-refractivity contribution in [1.29, 1.82) is 0 Å². The van der Waals surface area contributed by atoms with E-state index < -0.39 is 0 Å². The number of ether oxygens (including phenoxy) is 1. The van der Waals surface area contributed by atoms with Crippen molar-refractivity contribution in [2.24, 2.45) is 4.99 Å². The molecule has 0 spiro atoms. The topological polar surface area (TPSA) is 79.7 Å². The lowest BCUT2D eigenvalue weighted by Crippen LogP contribution is -2.42. The molecule has 1 amide bonds. The normalized spacial score (nSPS) is 19.0. The van der Waals surface area contributed by atoms with E-state index in [1.807, 2.05) is 23.2 Å². The maximum Gasteiger partial charge on any atom is 0.253 e. The van der Waals surface area contributed by atoms with Crippen LogP contribution in [0.25, 0.3) is 0 Å². The number of amides is 1. The Bertz CT molecular complexity index is 932. The molecule has 7 nitrogen and oxygen atoms in total. The van der Waals surface area contributed by atoms with Gasteiger partial charge in [0.1, 0.15) is 5.82 Å². The van der Waals surface area contributed by atoms with Crippen molar-refractivity contribution in [3.05, 3.63) is 53.0 Å².